The van der Waals surface area contributed by atoms with Crippen LogP contribution in [0.4, 0.5) is 10.5 Å². The Morgan fingerprint density at radius 3 is 2.15 bits per heavy atom. The molecule has 0 fully saturated rings. The molecule has 3 aromatic rings. The third kappa shape index (κ3) is 7.40. The highest BCUT2D eigenvalue weighted by Gasteiger charge is 2.42. The number of anilines is 1. The molecule has 0 saturated carbocycles. The Bertz CT molecular complexity index is 1390. The zero-order valence-electron chi connectivity index (χ0n) is 25.2. The summed E-state index contributed by atoms with van der Waals surface area (Å²) >= 11 is 0. The van der Waals surface area contributed by atoms with Gasteiger partial charge in [-0.15, -0.1) is 0 Å². The lowest BCUT2D eigenvalue weighted by molar-refractivity contribution is -0.147. The number of hydrogen-bond acceptors (Lipinski definition) is 4. The van der Waals surface area contributed by atoms with Crippen molar-refractivity contribution in [2.24, 2.45) is 0 Å². The topological polar surface area (TPSA) is 87.7 Å². The number of alkyl carbamates (subject to hydrolysis) is 1. The molecule has 3 aromatic carbocycles. The fourth-order valence-corrected chi connectivity index (χ4v) is 4.71. The number of carbonyl (C=O) groups excluding carboxylic acids is 3. The summed E-state index contributed by atoms with van der Waals surface area (Å²) in [5, 5.41) is 7.81. The quantitative estimate of drug-likeness (QED) is 0.317. The number of amides is 3. The molecule has 0 aliphatic heterocycles. The molecule has 0 bridgehead atoms. The summed E-state index contributed by atoms with van der Waals surface area (Å²) in [6.07, 6.45) is -0.103. The summed E-state index contributed by atoms with van der Waals surface area (Å²) in [6, 6.07) is 17.7. The highest BCUT2D eigenvalue weighted by molar-refractivity contribution is 6.00. The number of rotatable bonds is 8. The predicted molar refractivity (Wildman–Crippen MR) is 161 cm³/mol. The van der Waals surface area contributed by atoms with E-state index in [2.05, 4.69) is 10.6 Å². The van der Waals surface area contributed by atoms with Gasteiger partial charge in [0.2, 0.25) is 5.91 Å². The van der Waals surface area contributed by atoms with Gasteiger partial charge in [0, 0.05) is 11.2 Å². The molecule has 3 amide bonds. The first-order chi connectivity index (χ1) is 18.6. The van der Waals surface area contributed by atoms with Crippen LogP contribution in [0.2, 0.25) is 0 Å². The predicted octanol–water partition coefficient (Wildman–Crippen LogP) is 7.07. The van der Waals surface area contributed by atoms with E-state index in [-0.39, 0.29) is 11.8 Å². The van der Waals surface area contributed by atoms with Gasteiger partial charge in [-0.2, -0.15) is 0 Å². The Kier molecular flexibility index (Phi) is 9.28. The molecule has 7 heteroatoms. The van der Waals surface area contributed by atoms with Crippen LogP contribution in [0.25, 0.3) is 10.8 Å². The zero-order chi connectivity index (χ0) is 29.8. The summed E-state index contributed by atoms with van der Waals surface area (Å²) < 4.78 is 5.39. The Morgan fingerprint density at radius 2 is 1.55 bits per heavy atom. The molecular weight excluding hydrogens is 502 g/mol. The lowest BCUT2D eigenvalue weighted by Gasteiger charge is -2.44. The smallest absolute Gasteiger partial charge is 0.408 e. The van der Waals surface area contributed by atoms with E-state index < -0.39 is 29.3 Å². The van der Waals surface area contributed by atoms with Gasteiger partial charge in [0.25, 0.3) is 5.91 Å². The number of fused-ring (bicyclic) bond motifs is 1. The zero-order valence-corrected chi connectivity index (χ0v) is 25.2. The molecule has 3 rings (SSSR count). The van der Waals surface area contributed by atoms with E-state index in [9.17, 15) is 14.4 Å². The van der Waals surface area contributed by atoms with Crippen LogP contribution in [0, 0.1) is 13.8 Å². The molecule has 40 heavy (non-hydrogen) atoms. The van der Waals surface area contributed by atoms with Gasteiger partial charge in [-0.05, 0) is 95.8 Å². The molecule has 0 aromatic heterocycles. The molecule has 2 atom stereocenters. The van der Waals surface area contributed by atoms with Gasteiger partial charge in [-0.1, -0.05) is 61.0 Å². The molecule has 0 aliphatic carbocycles. The molecular formula is C33H43N3O4. The van der Waals surface area contributed by atoms with Crippen LogP contribution in [0.1, 0.15) is 77.6 Å². The highest BCUT2D eigenvalue weighted by Crippen LogP contribution is 2.35. The van der Waals surface area contributed by atoms with Crippen molar-refractivity contribution in [2.45, 2.75) is 92.0 Å². The minimum atomic E-state index is -0.947. The molecule has 0 aliphatic rings. The van der Waals surface area contributed by atoms with E-state index in [4.69, 9.17) is 4.74 Å². The molecule has 0 radical (unpaired) electrons. The summed E-state index contributed by atoms with van der Waals surface area (Å²) in [4.78, 5) is 42.5. The largest absolute Gasteiger partial charge is 0.444 e. The minimum Gasteiger partial charge on any atom is -0.444 e. The SMILES string of the molecule is CCC(C)(C)N(C(=O)C(C)NC(=O)OC(C)(C)C)C(C(=O)Nc1ccc2ccccc2c1)c1ccc(C)cc1C. The molecule has 214 valence electrons. The second-order valence-electron chi connectivity index (χ2n) is 12.1. The van der Waals surface area contributed by atoms with Gasteiger partial charge in [0.1, 0.15) is 17.7 Å². The molecule has 0 saturated heterocycles. The first-order valence-electron chi connectivity index (χ1n) is 13.8. The third-order valence-corrected chi connectivity index (χ3v) is 7.10. The molecule has 0 heterocycles. The second kappa shape index (κ2) is 12.1. The van der Waals surface area contributed by atoms with Crippen molar-refractivity contribution in [1.29, 1.82) is 0 Å². The number of aryl methyl sites for hydroxylation is 2. The molecule has 2 N–H and O–H groups in total. The van der Waals surface area contributed by atoms with Crippen molar-refractivity contribution >= 4 is 34.4 Å². The van der Waals surface area contributed by atoms with Crippen LogP contribution in [0.5, 0.6) is 0 Å². The second-order valence-corrected chi connectivity index (χ2v) is 12.1. The van der Waals surface area contributed by atoms with E-state index in [1.165, 1.54) is 0 Å². The Balaban J connectivity index is 2.07. The van der Waals surface area contributed by atoms with Gasteiger partial charge >= 0.3 is 6.09 Å². The van der Waals surface area contributed by atoms with Crippen LogP contribution in [-0.4, -0.2) is 40.0 Å². The van der Waals surface area contributed by atoms with E-state index in [0.717, 1.165) is 27.5 Å². The van der Waals surface area contributed by atoms with Crippen LogP contribution in [-0.2, 0) is 14.3 Å². The Hall–Kier alpha value is -3.87. The van der Waals surface area contributed by atoms with Crippen molar-refractivity contribution in [3.63, 3.8) is 0 Å². The summed E-state index contributed by atoms with van der Waals surface area (Å²) in [5.74, 6) is -0.710. The monoisotopic (exact) mass is 545 g/mol. The fourth-order valence-electron chi connectivity index (χ4n) is 4.71. The van der Waals surface area contributed by atoms with Crippen LogP contribution in [0.3, 0.4) is 0 Å². The standard InChI is InChI=1S/C33H43N3O4/c1-10-33(8,9)36(30(38)23(4)34-31(39)40-32(5,6)7)28(27-18-15-21(2)19-22(27)3)29(37)35-26-17-16-24-13-11-12-14-25(24)20-26/h11-20,23,28H,10H2,1-9H3,(H,34,39)(H,35,37). The number of hydrogen-bond donors (Lipinski definition) is 2. The number of ether oxygens (including phenoxy) is 1. The van der Waals surface area contributed by atoms with Crippen molar-refractivity contribution in [1.82, 2.24) is 10.2 Å². The lowest BCUT2D eigenvalue weighted by Crippen LogP contribution is -2.58. The normalized spacial score (nSPS) is 13.3. The van der Waals surface area contributed by atoms with Gasteiger partial charge in [-0.25, -0.2) is 4.79 Å². The maximum Gasteiger partial charge on any atom is 0.408 e. The van der Waals surface area contributed by atoms with Gasteiger partial charge in [-0.3, -0.25) is 9.59 Å². The van der Waals surface area contributed by atoms with Gasteiger partial charge < -0.3 is 20.3 Å². The molecule has 0 spiro atoms. The Labute approximate surface area is 238 Å². The number of nitrogens with one attached hydrogen (secondary N) is 2. The van der Waals surface area contributed by atoms with Crippen LogP contribution in [0.15, 0.2) is 60.7 Å². The van der Waals surface area contributed by atoms with E-state index >= 15 is 0 Å². The number of nitrogens with zero attached hydrogens (tertiary/aromatic N) is 1. The fraction of sp³-hybridized carbons (Fsp3) is 0.424. The molecule has 7 nitrogen and oxygen atoms in total. The van der Waals surface area contributed by atoms with Crippen LogP contribution < -0.4 is 10.6 Å². The molecule has 2 unspecified atom stereocenters. The first kappa shape index (κ1) is 30.7. The maximum absolute atomic E-state index is 14.2. The minimum absolute atomic E-state index is 0.332. The van der Waals surface area contributed by atoms with Crippen molar-refractivity contribution in [2.75, 3.05) is 5.32 Å². The average molecular weight is 546 g/mol. The maximum atomic E-state index is 14.2. The number of benzene rings is 3. The van der Waals surface area contributed by atoms with E-state index in [1.54, 1.807) is 32.6 Å². The van der Waals surface area contributed by atoms with Crippen molar-refractivity contribution in [3.05, 3.63) is 77.4 Å². The van der Waals surface area contributed by atoms with Crippen molar-refractivity contribution in [3.8, 4) is 0 Å². The summed E-state index contributed by atoms with van der Waals surface area (Å²) in [7, 11) is 0. The third-order valence-electron chi connectivity index (χ3n) is 7.10. The van der Waals surface area contributed by atoms with Gasteiger partial charge in [0.05, 0.1) is 0 Å². The average Bonchev–Trinajstić information content (AvgIpc) is 2.86. The van der Waals surface area contributed by atoms with Gasteiger partial charge in [0.15, 0.2) is 0 Å². The van der Waals surface area contributed by atoms with E-state index in [1.807, 2.05) is 95.3 Å². The highest BCUT2D eigenvalue weighted by atomic mass is 16.6. The Morgan fingerprint density at radius 1 is 0.900 bits per heavy atom. The van der Waals surface area contributed by atoms with E-state index in [0.29, 0.717) is 12.1 Å². The lowest BCUT2D eigenvalue weighted by atomic mass is 9.90. The number of carbonyl (C=O) groups is 3. The first-order valence-corrected chi connectivity index (χ1v) is 13.8. The summed E-state index contributed by atoms with van der Waals surface area (Å²) in [6.45, 7) is 16.7. The summed E-state index contributed by atoms with van der Waals surface area (Å²) in [5.41, 5.74) is 1.89. The van der Waals surface area contributed by atoms with Crippen molar-refractivity contribution < 1.29 is 19.1 Å². The van der Waals surface area contributed by atoms with Crippen LogP contribution >= 0.6 is 0 Å².